The lowest BCUT2D eigenvalue weighted by molar-refractivity contribution is -0.147. The molecule has 1 aromatic heterocycles. The van der Waals surface area contributed by atoms with Crippen LogP contribution in [0.3, 0.4) is 0 Å². The van der Waals surface area contributed by atoms with Gasteiger partial charge in [-0.15, -0.1) is 0 Å². The smallest absolute Gasteiger partial charge is 0.316 e. The summed E-state index contributed by atoms with van der Waals surface area (Å²) in [6.07, 6.45) is 1.40. The van der Waals surface area contributed by atoms with Crippen molar-refractivity contribution < 1.29 is 14.3 Å². The molecule has 2 atom stereocenters. The second-order valence-electron chi connectivity index (χ2n) is 7.04. The van der Waals surface area contributed by atoms with E-state index in [4.69, 9.17) is 0 Å². The molecule has 23 heavy (non-hydrogen) atoms. The van der Waals surface area contributed by atoms with Crippen LogP contribution in [0.4, 0.5) is 4.39 Å². The Kier molecular flexibility index (Phi) is 2.72. The van der Waals surface area contributed by atoms with Crippen LogP contribution in [0.5, 0.6) is 0 Å². The van der Waals surface area contributed by atoms with Crippen molar-refractivity contribution in [3.63, 3.8) is 0 Å². The maximum Gasteiger partial charge on any atom is 0.316 e. The molecule has 1 saturated carbocycles. The van der Waals surface area contributed by atoms with Gasteiger partial charge >= 0.3 is 5.97 Å². The Balaban J connectivity index is 1.93. The Morgan fingerprint density at radius 3 is 2.74 bits per heavy atom. The average molecular weight is 312 g/mol. The zero-order valence-electron chi connectivity index (χ0n) is 13.0. The largest absolute Gasteiger partial charge is 0.481 e. The summed E-state index contributed by atoms with van der Waals surface area (Å²) in [5.41, 5.74) is 0.944. The highest BCUT2D eigenvalue weighted by atomic mass is 19.1. The maximum atomic E-state index is 14.0. The van der Waals surface area contributed by atoms with Crippen LogP contribution >= 0.6 is 0 Å². The number of carboxylic acid groups (broad SMARTS) is 1. The number of carbonyl (C=O) groups is 1. The Labute approximate surface area is 133 Å². The third kappa shape index (κ3) is 1.57. The molecule has 0 aliphatic heterocycles. The van der Waals surface area contributed by atoms with Gasteiger partial charge in [-0.1, -0.05) is 26.0 Å². The van der Waals surface area contributed by atoms with Crippen LogP contribution in [0.1, 0.15) is 43.9 Å². The molecule has 1 heterocycles. The molecule has 0 saturated heterocycles. The van der Waals surface area contributed by atoms with Crippen molar-refractivity contribution in [3.05, 3.63) is 47.4 Å². The van der Waals surface area contributed by atoms with E-state index < -0.39 is 16.8 Å². The number of fused-ring (bicyclic) bond motifs is 5. The highest BCUT2D eigenvalue weighted by Gasteiger charge is 2.67. The molecular weight excluding hydrogens is 295 g/mol. The Morgan fingerprint density at radius 2 is 2.04 bits per heavy atom. The first-order chi connectivity index (χ1) is 10.9. The predicted octanol–water partition coefficient (Wildman–Crippen LogP) is 3.52. The molecule has 1 N–H and O–H groups in total. The molecule has 0 radical (unpaired) electrons. The molecule has 118 valence electrons. The molecule has 0 unspecified atom stereocenters. The van der Waals surface area contributed by atoms with Crippen LogP contribution in [0.25, 0.3) is 11.3 Å². The van der Waals surface area contributed by atoms with Crippen molar-refractivity contribution >= 4 is 5.97 Å². The lowest BCUT2D eigenvalue weighted by atomic mass is 9.68. The Bertz CT molecular complexity index is 834. The molecule has 2 aliphatic rings. The summed E-state index contributed by atoms with van der Waals surface area (Å²) < 4.78 is 14.0. The van der Waals surface area contributed by atoms with E-state index in [0.717, 1.165) is 12.0 Å². The average Bonchev–Trinajstić information content (AvgIpc) is 2.90. The van der Waals surface area contributed by atoms with Gasteiger partial charge in [-0.25, -0.2) is 4.39 Å². The summed E-state index contributed by atoms with van der Waals surface area (Å²) in [4.78, 5) is 12.0. The zero-order chi connectivity index (χ0) is 16.4. The van der Waals surface area contributed by atoms with Crippen LogP contribution in [0, 0.1) is 11.2 Å². The third-order valence-corrected chi connectivity index (χ3v) is 5.90. The van der Waals surface area contributed by atoms with Gasteiger partial charge in [-0.05, 0) is 47.9 Å². The van der Waals surface area contributed by atoms with E-state index in [-0.39, 0.29) is 11.7 Å². The first-order valence-corrected chi connectivity index (χ1v) is 7.76. The van der Waals surface area contributed by atoms with E-state index in [1.807, 2.05) is 19.9 Å². The number of nitrogens with zero attached hydrogens (tertiary/aromatic N) is 2. The van der Waals surface area contributed by atoms with Gasteiger partial charge in [0.25, 0.3) is 0 Å². The minimum atomic E-state index is -0.978. The zero-order valence-corrected chi connectivity index (χ0v) is 13.0. The van der Waals surface area contributed by atoms with Crippen molar-refractivity contribution in [1.29, 1.82) is 0 Å². The standard InChI is InChI=1S/C18H17FN2O2/c1-17(2)12-7-8-18(17,16(22)23)15-11(12)9-14(20-21-15)10-5-3-4-6-13(10)19/h3-6,9,12H,7-8H2,1-2H3,(H,22,23)/t12-,18+/m0/s1. The lowest BCUT2D eigenvalue weighted by Gasteiger charge is -2.33. The Morgan fingerprint density at radius 1 is 1.30 bits per heavy atom. The molecule has 2 aliphatic carbocycles. The third-order valence-electron chi connectivity index (χ3n) is 5.90. The summed E-state index contributed by atoms with van der Waals surface area (Å²) in [7, 11) is 0. The second kappa shape index (κ2) is 4.37. The predicted molar refractivity (Wildman–Crippen MR) is 82.5 cm³/mol. The molecule has 2 bridgehead atoms. The second-order valence-corrected chi connectivity index (χ2v) is 7.04. The molecule has 5 heteroatoms. The van der Waals surface area contributed by atoms with E-state index >= 15 is 0 Å². The molecule has 0 spiro atoms. The number of halogens is 1. The van der Waals surface area contributed by atoms with Crippen LogP contribution < -0.4 is 0 Å². The monoisotopic (exact) mass is 312 g/mol. The number of carboxylic acids is 1. The van der Waals surface area contributed by atoms with Gasteiger partial charge in [0, 0.05) is 5.56 Å². The van der Waals surface area contributed by atoms with E-state index in [1.165, 1.54) is 6.07 Å². The topological polar surface area (TPSA) is 63.1 Å². The summed E-state index contributed by atoms with van der Waals surface area (Å²) in [5.74, 6) is -1.07. The minimum Gasteiger partial charge on any atom is -0.481 e. The van der Waals surface area contributed by atoms with E-state index in [0.29, 0.717) is 23.4 Å². The van der Waals surface area contributed by atoms with Crippen molar-refractivity contribution in [2.24, 2.45) is 5.41 Å². The van der Waals surface area contributed by atoms with E-state index in [1.54, 1.807) is 18.2 Å². The van der Waals surface area contributed by atoms with Crippen LogP contribution in [0.15, 0.2) is 30.3 Å². The van der Waals surface area contributed by atoms with Gasteiger partial charge in [-0.3, -0.25) is 4.79 Å². The molecular formula is C18H17FN2O2. The minimum absolute atomic E-state index is 0.120. The van der Waals surface area contributed by atoms with Crippen LogP contribution in [-0.2, 0) is 10.2 Å². The maximum absolute atomic E-state index is 14.0. The summed E-state index contributed by atoms with van der Waals surface area (Å²) in [6.45, 7) is 3.98. The van der Waals surface area contributed by atoms with Gasteiger partial charge in [0.15, 0.2) is 0 Å². The fourth-order valence-electron chi connectivity index (χ4n) is 4.60. The van der Waals surface area contributed by atoms with Gasteiger partial charge in [0.2, 0.25) is 0 Å². The number of rotatable bonds is 2. The molecule has 4 rings (SSSR count). The van der Waals surface area contributed by atoms with Gasteiger partial charge in [-0.2, -0.15) is 10.2 Å². The quantitative estimate of drug-likeness (QED) is 0.921. The number of aromatic nitrogens is 2. The normalized spacial score (nSPS) is 27.0. The summed E-state index contributed by atoms with van der Waals surface area (Å²) in [5, 5.41) is 18.3. The highest BCUT2D eigenvalue weighted by molar-refractivity contribution is 5.86. The Hall–Kier alpha value is -2.30. The number of hydrogen-bond donors (Lipinski definition) is 1. The summed E-state index contributed by atoms with van der Waals surface area (Å²) >= 11 is 0. The van der Waals surface area contributed by atoms with Crippen molar-refractivity contribution in [1.82, 2.24) is 10.2 Å². The first kappa shape index (κ1) is 14.3. The fraction of sp³-hybridized carbons (Fsp3) is 0.389. The lowest BCUT2D eigenvalue weighted by Crippen LogP contribution is -2.43. The van der Waals surface area contributed by atoms with Gasteiger partial charge < -0.3 is 5.11 Å². The van der Waals surface area contributed by atoms with E-state index in [9.17, 15) is 14.3 Å². The number of aliphatic carboxylic acids is 1. The molecule has 1 fully saturated rings. The first-order valence-electron chi connectivity index (χ1n) is 7.76. The molecule has 2 aromatic rings. The molecule has 4 nitrogen and oxygen atoms in total. The van der Waals surface area contributed by atoms with Gasteiger partial charge in [0.1, 0.15) is 11.2 Å². The van der Waals surface area contributed by atoms with Crippen molar-refractivity contribution in [3.8, 4) is 11.3 Å². The summed E-state index contributed by atoms with van der Waals surface area (Å²) in [6, 6.07) is 8.26. The molecule has 1 aromatic carbocycles. The number of benzene rings is 1. The fourth-order valence-corrected chi connectivity index (χ4v) is 4.60. The van der Waals surface area contributed by atoms with Crippen molar-refractivity contribution in [2.75, 3.05) is 0 Å². The van der Waals surface area contributed by atoms with E-state index in [2.05, 4.69) is 10.2 Å². The van der Waals surface area contributed by atoms with Crippen molar-refractivity contribution in [2.45, 2.75) is 38.0 Å². The van der Waals surface area contributed by atoms with Gasteiger partial charge in [0.05, 0.1) is 11.4 Å². The SMILES string of the molecule is CC1(C)[C@H]2CC[C@]1(C(=O)O)c1nnc(-c3ccccc3F)cc12. The highest BCUT2D eigenvalue weighted by Crippen LogP contribution is 2.67. The van der Waals surface area contributed by atoms with Crippen LogP contribution in [0.2, 0.25) is 0 Å². The van der Waals surface area contributed by atoms with Crippen LogP contribution in [-0.4, -0.2) is 21.3 Å². The molecule has 0 amide bonds. The number of hydrogen-bond acceptors (Lipinski definition) is 3.